The second kappa shape index (κ2) is 9.49. The van der Waals surface area contributed by atoms with E-state index in [1.165, 1.54) is 31.6 Å². The molecule has 0 amide bonds. The fourth-order valence-corrected chi connectivity index (χ4v) is 5.63. The van der Waals surface area contributed by atoms with E-state index < -0.39 is 0 Å². The summed E-state index contributed by atoms with van der Waals surface area (Å²) in [6.45, 7) is 5.99. The van der Waals surface area contributed by atoms with Crippen LogP contribution < -0.4 is 10.1 Å². The van der Waals surface area contributed by atoms with Gasteiger partial charge in [-0.15, -0.1) is 0 Å². The van der Waals surface area contributed by atoms with Gasteiger partial charge in [0, 0.05) is 56.6 Å². The maximum absolute atomic E-state index is 6.24. The second-order valence-electron chi connectivity index (χ2n) is 10.5. The summed E-state index contributed by atoms with van der Waals surface area (Å²) in [5.41, 5.74) is 5.10. The zero-order valence-corrected chi connectivity index (χ0v) is 22.5. The van der Waals surface area contributed by atoms with Gasteiger partial charge in [-0.3, -0.25) is 9.58 Å². The average molecular weight is 525 g/mol. The molecule has 7 heterocycles. The molecule has 0 radical (unpaired) electrons. The lowest BCUT2D eigenvalue weighted by Gasteiger charge is -2.16. The second-order valence-corrected chi connectivity index (χ2v) is 10.5. The van der Waals surface area contributed by atoms with Crippen LogP contribution in [0.5, 0.6) is 5.88 Å². The van der Waals surface area contributed by atoms with Gasteiger partial charge < -0.3 is 14.6 Å². The van der Waals surface area contributed by atoms with Crippen molar-refractivity contribution in [3.63, 3.8) is 0 Å². The van der Waals surface area contributed by atoms with Gasteiger partial charge in [0.15, 0.2) is 5.82 Å². The number of aromatic nitrogens is 8. The van der Waals surface area contributed by atoms with Crippen LogP contribution in [0, 0.1) is 0 Å². The zero-order chi connectivity index (χ0) is 26.5. The molecule has 1 N–H and O–H groups in total. The standard InChI is InChI=1S/C28H32N10O/c1-18-9-13-39-28-21(16-31-36(28)3)27-29-10-8-24(33-27)32-25-14-23-20(15-30-25)26(34-38(18)23)22-7-6-19(35(22)2)17-37-11-4-5-12-37/h6-8,10,14-16,18H,4-5,9,11-13,17H2,1-3H3,(H,29,30,32,33)/t18-/m0/s1. The number of fused-ring (bicyclic) bond motifs is 5. The molecule has 7 rings (SSSR count). The number of anilines is 2. The van der Waals surface area contributed by atoms with Gasteiger partial charge in [-0.1, -0.05) is 0 Å². The SMILES string of the molecule is C[C@H]1CCOc2c(cnn2C)-c2nccc(n2)Nc2cc3c(cn2)c(-c2ccc(CN4CCCC4)n2C)nn31. The molecular formula is C28H32N10O. The Labute approximate surface area is 226 Å². The molecule has 200 valence electrons. The smallest absolute Gasteiger partial charge is 0.222 e. The Hall–Kier alpha value is -4.25. The predicted molar refractivity (Wildman–Crippen MR) is 149 cm³/mol. The fourth-order valence-electron chi connectivity index (χ4n) is 5.63. The third kappa shape index (κ3) is 4.22. The van der Waals surface area contributed by atoms with Gasteiger partial charge in [0.1, 0.15) is 22.9 Å². The summed E-state index contributed by atoms with van der Waals surface area (Å²) < 4.78 is 12.3. The van der Waals surface area contributed by atoms with Crippen molar-refractivity contribution in [1.82, 2.24) is 44.0 Å². The molecule has 0 saturated carbocycles. The number of likely N-dealkylation sites (tertiary alicyclic amines) is 1. The van der Waals surface area contributed by atoms with Crippen molar-refractivity contribution in [3.05, 3.63) is 48.5 Å². The maximum atomic E-state index is 6.24. The summed E-state index contributed by atoms with van der Waals surface area (Å²) in [5, 5.41) is 13.9. The molecule has 1 atom stereocenters. The van der Waals surface area contributed by atoms with Crippen molar-refractivity contribution in [1.29, 1.82) is 0 Å². The number of hydrogen-bond acceptors (Lipinski definition) is 8. The molecule has 0 aromatic carbocycles. The van der Waals surface area contributed by atoms with Gasteiger partial charge in [-0.2, -0.15) is 10.2 Å². The third-order valence-corrected chi connectivity index (χ3v) is 7.87. The molecule has 0 spiro atoms. The quantitative estimate of drug-likeness (QED) is 0.372. The van der Waals surface area contributed by atoms with Crippen molar-refractivity contribution < 1.29 is 4.74 Å². The molecule has 1 fully saturated rings. The minimum Gasteiger partial charge on any atom is -0.477 e. The van der Waals surface area contributed by atoms with E-state index in [-0.39, 0.29) is 6.04 Å². The molecule has 2 aliphatic rings. The summed E-state index contributed by atoms with van der Waals surface area (Å²) >= 11 is 0. The molecule has 11 heteroatoms. The van der Waals surface area contributed by atoms with E-state index in [1.54, 1.807) is 17.1 Å². The van der Waals surface area contributed by atoms with Crippen molar-refractivity contribution in [2.45, 2.75) is 38.8 Å². The highest BCUT2D eigenvalue weighted by atomic mass is 16.5. The number of hydrogen-bond donors (Lipinski definition) is 1. The zero-order valence-electron chi connectivity index (χ0n) is 22.5. The predicted octanol–water partition coefficient (Wildman–Crippen LogP) is 4.31. The molecular weight excluding hydrogens is 492 g/mol. The van der Waals surface area contributed by atoms with Gasteiger partial charge in [0.2, 0.25) is 5.88 Å². The molecule has 2 aliphatic heterocycles. The first-order chi connectivity index (χ1) is 19.0. The van der Waals surface area contributed by atoms with Crippen molar-refractivity contribution in [2.24, 2.45) is 14.1 Å². The number of nitrogens with zero attached hydrogens (tertiary/aromatic N) is 9. The van der Waals surface area contributed by atoms with Crippen molar-refractivity contribution in [3.8, 4) is 28.7 Å². The molecule has 0 aliphatic carbocycles. The van der Waals surface area contributed by atoms with Crippen LogP contribution in [-0.4, -0.2) is 63.7 Å². The summed E-state index contributed by atoms with van der Waals surface area (Å²) in [6, 6.07) is 8.39. The lowest BCUT2D eigenvalue weighted by atomic mass is 10.2. The Morgan fingerprint density at radius 2 is 1.92 bits per heavy atom. The number of nitrogens with one attached hydrogen (secondary N) is 1. The Morgan fingerprint density at radius 1 is 1.05 bits per heavy atom. The molecule has 4 bridgehead atoms. The minimum atomic E-state index is 0.0922. The van der Waals surface area contributed by atoms with Crippen LogP contribution in [0.1, 0.15) is 37.9 Å². The van der Waals surface area contributed by atoms with Gasteiger partial charge in [-0.05, 0) is 51.1 Å². The maximum Gasteiger partial charge on any atom is 0.222 e. The van der Waals surface area contributed by atoms with Gasteiger partial charge in [0.05, 0.1) is 30.1 Å². The van der Waals surface area contributed by atoms with Crippen LogP contribution in [0.3, 0.4) is 0 Å². The van der Waals surface area contributed by atoms with Crippen LogP contribution in [0.15, 0.2) is 42.9 Å². The topological polar surface area (TPSA) is 104 Å². The average Bonchev–Trinajstić information content (AvgIpc) is 3.72. The lowest BCUT2D eigenvalue weighted by Crippen LogP contribution is -2.20. The van der Waals surface area contributed by atoms with E-state index in [9.17, 15) is 0 Å². The highest BCUT2D eigenvalue weighted by Crippen LogP contribution is 2.34. The Bertz CT molecular complexity index is 1660. The molecule has 0 unspecified atom stereocenters. The molecule has 5 aromatic rings. The first-order valence-electron chi connectivity index (χ1n) is 13.6. The van der Waals surface area contributed by atoms with Gasteiger partial charge in [-0.25, -0.2) is 19.6 Å². The van der Waals surface area contributed by atoms with Crippen LogP contribution in [0.4, 0.5) is 11.6 Å². The normalized spacial score (nSPS) is 17.7. The number of aryl methyl sites for hydroxylation is 1. The lowest BCUT2D eigenvalue weighted by molar-refractivity contribution is 0.260. The minimum absolute atomic E-state index is 0.0922. The Balaban J connectivity index is 1.31. The van der Waals surface area contributed by atoms with Crippen molar-refractivity contribution >= 4 is 22.5 Å². The van der Waals surface area contributed by atoms with Gasteiger partial charge in [0.25, 0.3) is 0 Å². The monoisotopic (exact) mass is 524 g/mol. The summed E-state index contributed by atoms with van der Waals surface area (Å²) in [4.78, 5) is 16.5. The fraction of sp³-hybridized carbons (Fsp3) is 0.393. The molecule has 1 saturated heterocycles. The van der Waals surface area contributed by atoms with Crippen molar-refractivity contribution in [2.75, 3.05) is 25.0 Å². The highest BCUT2D eigenvalue weighted by Gasteiger charge is 2.23. The van der Waals surface area contributed by atoms with Crippen LogP contribution >= 0.6 is 0 Å². The molecule has 39 heavy (non-hydrogen) atoms. The first kappa shape index (κ1) is 23.8. The summed E-state index contributed by atoms with van der Waals surface area (Å²) in [5.74, 6) is 2.55. The first-order valence-corrected chi connectivity index (χ1v) is 13.6. The largest absolute Gasteiger partial charge is 0.477 e. The highest BCUT2D eigenvalue weighted by molar-refractivity contribution is 5.93. The van der Waals surface area contributed by atoms with Crippen LogP contribution in [0.25, 0.3) is 33.7 Å². The van der Waals surface area contributed by atoms with Crippen LogP contribution in [0.2, 0.25) is 0 Å². The summed E-state index contributed by atoms with van der Waals surface area (Å²) in [6.07, 6.45) is 8.72. The molecule has 5 aromatic heterocycles. The Morgan fingerprint density at radius 3 is 2.79 bits per heavy atom. The van der Waals surface area contributed by atoms with E-state index in [1.807, 2.05) is 19.3 Å². The van der Waals surface area contributed by atoms with Gasteiger partial charge >= 0.3 is 0 Å². The van der Waals surface area contributed by atoms with Crippen LogP contribution in [-0.2, 0) is 20.6 Å². The van der Waals surface area contributed by atoms with E-state index in [2.05, 4.69) is 61.7 Å². The number of rotatable bonds is 3. The van der Waals surface area contributed by atoms with E-state index in [0.717, 1.165) is 40.8 Å². The third-order valence-electron chi connectivity index (χ3n) is 7.87. The Kier molecular flexibility index (Phi) is 5.80. The van der Waals surface area contributed by atoms with E-state index in [0.29, 0.717) is 29.9 Å². The number of ether oxygens (including phenoxy) is 1. The number of pyridine rings is 1. The summed E-state index contributed by atoms with van der Waals surface area (Å²) in [7, 11) is 4.00. The molecule has 11 nitrogen and oxygen atoms in total. The van der Waals surface area contributed by atoms with E-state index in [4.69, 9.17) is 19.8 Å². The van der Waals surface area contributed by atoms with E-state index >= 15 is 0 Å².